The molecule has 0 amide bonds. The Morgan fingerprint density at radius 2 is 2.00 bits per heavy atom. The summed E-state index contributed by atoms with van der Waals surface area (Å²) in [6, 6.07) is 8.84. The van der Waals surface area contributed by atoms with Crippen molar-refractivity contribution >= 4 is 0 Å². The van der Waals surface area contributed by atoms with Crippen molar-refractivity contribution in [1.82, 2.24) is 0 Å². The zero-order valence-electron chi connectivity index (χ0n) is 7.43. The molecule has 0 spiro atoms. The summed E-state index contributed by atoms with van der Waals surface area (Å²) in [6.45, 7) is 5.03. The first kappa shape index (κ1) is 9.45. The molecule has 3 nitrogen and oxygen atoms in total. The maximum absolute atomic E-state index is 10.8. The minimum Gasteiger partial charge on any atom is -0.263 e. The van der Waals surface area contributed by atoms with Crippen LogP contribution in [0.1, 0.15) is 12.5 Å². The Labute approximate surface area is 76.9 Å². The maximum Gasteiger partial charge on any atom is 0.262 e. The van der Waals surface area contributed by atoms with Crippen molar-refractivity contribution in [2.45, 2.75) is 12.5 Å². The smallest absolute Gasteiger partial charge is 0.262 e. The van der Waals surface area contributed by atoms with E-state index in [1.807, 2.05) is 6.07 Å². The van der Waals surface area contributed by atoms with Crippen LogP contribution in [0.4, 0.5) is 0 Å². The third-order valence-corrected chi connectivity index (χ3v) is 2.13. The van der Waals surface area contributed by atoms with Crippen molar-refractivity contribution in [3.63, 3.8) is 0 Å². The molecule has 1 atom stereocenters. The van der Waals surface area contributed by atoms with Gasteiger partial charge in [0, 0.05) is 17.4 Å². The highest BCUT2D eigenvalue weighted by Gasteiger charge is 2.35. The lowest BCUT2D eigenvalue weighted by atomic mass is 9.93. The number of hydrogen-bond donors (Lipinski definition) is 0. The summed E-state index contributed by atoms with van der Waals surface area (Å²) >= 11 is 0. The largest absolute Gasteiger partial charge is 0.263 e. The fourth-order valence-electron chi connectivity index (χ4n) is 1.07. The van der Waals surface area contributed by atoms with Crippen molar-refractivity contribution < 1.29 is 4.92 Å². The van der Waals surface area contributed by atoms with Crippen molar-refractivity contribution in [3.8, 4) is 0 Å². The molecule has 0 heterocycles. The standard InChI is InChI=1S/C10H11NO2/c1-3-10(2,11(12)13)9-7-5-4-6-8-9/h3-8H,1H2,2H3/t10-/m1/s1. The van der Waals surface area contributed by atoms with Crippen LogP contribution in [0, 0.1) is 10.1 Å². The van der Waals surface area contributed by atoms with Crippen LogP contribution in [-0.2, 0) is 5.54 Å². The van der Waals surface area contributed by atoms with E-state index in [-0.39, 0.29) is 4.92 Å². The lowest BCUT2D eigenvalue weighted by Gasteiger charge is -2.16. The predicted octanol–water partition coefficient (Wildman–Crippen LogP) is 2.36. The fraction of sp³-hybridized carbons (Fsp3) is 0.200. The highest BCUT2D eigenvalue weighted by Crippen LogP contribution is 2.24. The number of rotatable bonds is 3. The van der Waals surface area contributed by atoms with E-state index < -0.39 is 5.54 Å². The van der Waals surface area contributed by atoms with E-state index in [1.165, 1.54) is 13.0 Å². The van der Waals surface area contributed by atoms with Crippen molar-refractivity contribution in [1.29, 1.82) is 0 Å². The summed E-state index contributed by atoms with van der Waals surface area (Å²) < 4.78 is 0. The molecular formula is C10H11NO2. The van der Waals surface area contributed by atoms with Crippen LogP contribution < -0.4 is 0 Å². The average Bonchev–Trinajstić information content (AvgIpc) is 2.17. The third-order valence-electron chi connectivity index (χ3n) is 2.13. The highest BCUT2D eigenvalue weighted by molar-refractivity contribution is 5.25. The lowest BCUT2D eigenvalue weighted by molar-refractivity contribution is -0.558. The molecule has 0 bridgehead atoms. The molecule has 1 aromatic rings. The summed E-state index contributed by atoms with van der Waals surface area (Å²) in [7, 11) is 0. The molecule has 0 unspecified atom stereocenters. The van der Waals surface area contributed by atoms with Gasteiger partial charge in [0.15, 0.2) is 0 Å². The van der Waals surface area contributed by atoms with Gasteiger partial charge in [0.25, 0.3) is 5.54 Å². The van der Waals surface area contributed by atoms with E-state index in [2.05, 4.69) is 6.58 Å². The van der Waals surface area contributed by atoms with Crippen molar-refractivity contribution in [2.24, 2.45) is 0 Å². The van der Waals surface area contributed by atoms with E-state index >= 15 is 0 Å². The van der Waals surface area contributed by atoms with Gasteiger partial charge < -0.3 is 0 Å². The average molecular weight is 177 g/mol. The number of nitro groups is 1. The molecule has 0 N–H and O–H groups in total. The second-order valence-electron chi connectivity index (χ2n) is 2.97. The van der Waals surface area contributed by atoms with Gasteiger partial charge >= 0.3 is 0 Å². The van der Waals surface area contributed by atoms with Gasteiger partial charge in [-0.25, -0.2) is 0 Å². The topological polar surface area (TPSA) is 43.1 Å². The molecule has 0 aliphatic heterocycles. The van der Waals surface area contributed by atoms with E-state index in [9.17, 15) is 10.1 Å². The van der Waals surface area contributed by atoms with E-state index in [4.69, 9.17) is 0 Å². The first-order valence-electron chi connectivity index (χ1n) is 3.95. The SMILES string of the molecule is C=C[C@](C)(c1ccccc1)[N+](=O)[O-]. The molecule has 1 aromatic carbocycles. The number of hydrogen-bond acceptors (Lipinski definition) is 2. The molecule has 0 saturated carbocycles. The Hall–Kier alpha value is -1.64. The second-order valence-corrected chi connectivity index (χ2v) is 2.97. The number of nitrogens with zero attached hydrogens (tertiary/aromatic N) is 1. The van der Waals surface area contributed by atoms with E-state index in [1.54, 1.807) is 24.3 Å². The van der Waals surface area contributed by atoms with Crippen LogP contribution in [0.15, 0.2) is 43.0 Å². The van der Waals surface area contributed by atoms with Gasteiger partial charge in [0.2, 0.25) is 0 Å². The second kappa shape index (κ2) is 3.39. The highest BCUT2D eigenvalue weighted by atomic mass is 16.6. The summed E-state index contributed by atoms with van der Waals surface area (Å²) in [5.74, 6) is 0. The van der Waals surface area contributed by atoms with E-state index in [0.29, 0.717) is 5.56 Å². The van der Waals surface area contributed by atoms with Crippen LogP contribution >= 0.6 is 0 Å². The number of benzene rings is 1. The van der Waals surface area contributed by atoms with Crippen LogP contribution in [-0.4, -0.2) is 4.92 Å². The Morgan fingerprint density at radius 3 is 2.38 bits per heavy atom. The van der Waals surface area contributed by atoms with Gasteiger partial charge in [0.1, 0.15) is 0 Å². The molecule has 0 saturated heterocycles. The molecule has 0 radical (unpaired) electrons. The van der Waals surface area contributed by atoms with Gasteiger partial charge in [-0.3, -0.25) is 10.1 Å². The van der Waals surface area contributed by atoms with Gasteiger partial charge in [-0.1, -0.05) is 36.9 Å². The van der Waals surface area contributed by atoms with Gasteiger partial charge in [0.05, 0.1) is 0 Å². The normalized spacial score (nSPS) is 14.5. The Bertz CT molecular complexity index is 321. The zero-order valence-corrected chi connectivity index (χ0v) is 7.43. The molecule has 0 aliphatic carbocycles. The molecule has 68 valence electrons. The third kappa shape index (κ3) is 1.59. The minimum atomic E-state index is -1.18. The van der Waals surface area contributed by atoms with Crippen LogP contribution in [0.2, 0.25) is 0 Å². The molecule has 3 heteroatoms. The van der Waals surface area contributed by atoms with Crippen molar-refractivity contribution in [2.75, 3.05) is 0 Å². The molecule has 0 fully saturated rings. The summed E-state index contributed by atoms with van der Waals surface area (Å²) in [6.07, 6.45) is 1.35. The quantitative estimate of drug-likeness (QED) is 0.404. The van der Waals surface area contributed by atoms with Gasteiger partial charge in [-0.2, -0.15) is 0 Å². The molecule has 1 rings (SSSR count). The first-order valence-corrected chi connectivity index (χ1v) is 3.95. The fourth-order valence-corrected chi connectivity index (χ4v) is 1.07. The van der Waals surface area contributed by atoms with Gasteiger partial charge in [-0.15, -0.1) is 0 Å². The maximum atomic E-state index is 10.8. The zero-order chi connectivity index (χ0) is 9.90. The van der Waals surface area contributed by atoms with Crippen molar-refractivity contribution in [3.05, 3.63) is 58.7 Å². The summed E-state index contributed by atoms with van der Waals surface area (Å²) in [5, 5.41) is 10.8. The van der Waals surface area contributed by atoms with Crippen LogP contribution in [0.25, 0.3) is 0 Å². The Morgan fingerprint density at radius 1 is 1.46 bits per heavy atom. The van der Waals surface area contributed by atoms with Crippen LogP contribution in [0.5, 0.6) is 0 Å². The van der Waals surface area contributed by atoms with E-state index in [0.717, 1.165) is 0 Å². The Balaban J connectivity index is 3.18. The summed E-state index contributed by atoms with van der Waals surface area (Å²) in [5.41, 5.74) is -0.531. The predicted molar refractivity (Wildman–Crippen MR) is 51.0 cm³/mol. The Kier molecular flexibility index (Phi) is 2.46. The summed E-state index contributed by atoms with van der Waals surface area (Å²) in [4.78, 5) is 10.4. The molecule has 13 heavy (non-hydrogen) atoms. The molecule has 0 aromatic heterocycles. The van der Waals surface area contributed by atoms with Crippen LogP contribution in [0.3, 0.4) is 0 Å². The monoisotopic (exact) mass is 177 g/mol. The van der Waals surface area contributed by atoms with Gasteiger partial charge in [-0.05, 0) is 6.08 Å². The lowest BCUT2D eigenvalue weighted by Crippen LogP contribution is -2.28. The molecule has 0 aliphatic rings. The first-order chi connectivity index (χ1) is 6.11. The minimum absolute atomic E-state index is 0.338. The molecular weight excluding hydrogens is 166 g/mol.